The molecule has 2 aromatic carbocycles. The molecule has 3 heteroatoms. The van der Waals surface area contributed by atoms with Crippen LogP contribution in [0.3, 0.4) is 0 Å². The second-order valence-corrected chi connectivity index (χ2v) is 9.46. The predicted molar refractivity (Wildman–Crippen MR) is 127 cm³/mol. The van der Waals surface area contributed by atoms with Crippen LogP contribution in [0.2, 0.25) is 0 Å². The summed E-state index contributed by atoms with van der Waals surface area (Å²) in [6.07, 6.45) is 2.06. The van der Waals surface area contributed by atoms with E-state index in [4.69, 9.17) is 9.97 Å². The maximum atomic E-state index is 5.16. The minimum atomic E-state index is 0.580. The van der Waals surface area contributed by atoms with Crippen molar-refractivity contribution in [3.8, 4) is 0 Å². The summed E-state index contributed by atoms with van der Waals surface area (Å²) in [5.74, 6) is 1.20. The molecule has 3 heterocycles. The first kappa shape index (κ1) is 19.0. The van der Waals surface area contributed by atoms with Crippen molar-refractivity contribution in [2.75, 3.05) is 0 Å². The summed E-state index contributed by atoms with van der Waals surface area (Å²) in [5, 5.41) is 2.38. The third-order valence-corrected chi connectivity index (χ3v) is 5.87. The third-order valence-electron chi connectivity index (χ3n) is 5.87. The van der Waals surface area contributed by atoms with E-state index in [1.807, 2.05) is 0 Å². The zero-order valence-corrected chi connectivity index (χ0v) is 18.5. The highest BCUT2D eigenvalue weighted by molar-refractivity contribution is 6.13. The molecule has 0 spiro atoms. The molecule has 3 aromatic heterocycles. The van der Waals surface area contributed by atoms with Crippen LogP contribution in [-0.4, -0.2) is 14.4 Å². The van der Waals surface area contributed by atoms with Crippen molar-refractivity contribution in [3.05, 3.63) is 65.4 Å². The second-order valence-electron chi connectivity index (χ2n) is 9.46. The summed E-state index contributed by atoms with van der Waals surface area (Å²) < 4.78 is 2.34. The van der Waals surface area contributed by atoms with Crippen LogP contribution in [0.4, 0.5) is 0 Å². The zero-order chi connectivity index (χ0) is 21.0. The van der Waals surface area contributed by atoms with Crippen LogP contribution in [0, 0.1) is 18.8 Å². The number of aryl methyl sites for hydroxylation is 1. The molecule has 0 radical (unpaired) electrons. The van der Waals surface area contributed by atoms with E-state index in [2.05, 4.69) is 87.6 Å². The number of nitrogens with zero attached hydrogens (tertiary/aromatic N) is 3. The molecule has 0 fully saturated rings. The van der Waals surface area contributed by atoms with Crippen molar-refractivity contribution in [1.29, 1.82) is 0 Å². The lowest BCUT2D eigenvalue weighted by Gasteiger charge is -2.14. The number of rotatable bonds is 4. The van der Waals surface area contributed by atoms with Gasteiger partial charge in [0.1, 0.15) is 5.65 Å². The molecule has 5 rings (SSSR count). The van der Waals surface area contributed by atoms with E-state index in [0.717, 1.165) is 35.0 Å². The van der Waals surface area contributed by atoms with E-state index in [1.54, 1.807) is 0 Å². The van der Waals surface area contributed by atoms with Crippen LogP contribution in [0.15, 0.2) is 48.5 Å². The minimum absolute atomic E-state index is 0.580. The third kappa shape index (κ3) is 3.04. The summed E-state index contributed by atoms with van der Waals surface area (Å²) in [7, 11) is 0. The van der Waals surface area contributed by atoms with Crippen LogP contribution in [-0.2, 0) is 12.8 Å². The zero-order valence-electron chi connectivity index (χ0n) is 18.5. The molecule has 0 atom stereocenters. The van der Waals surface area contributed by atoms with Gasteiger partial charge in [0.2, 0.25) is 0 Å². The molecule has 0 unspecified atom stereocenters. The predicted octanol–water partition coefficient (Wildman–Crippen LogP) is 6.89. The SMILES string of the molecule is Cc1cc(CC(C)C)nc2c3ccc(CC(C)C)cc3n3c4ccccc4nc3c12. The molecule has 0 aliphatic heterocycles. The van der Waals surface area contributed by atoms with Crippen LogP contribution in [0.1, 0.15) is 44.5 Å². The number of hydrogen-bond donors (Lipinski definition) is 0. The van der Waals surface area contributed by atoms with Crippen LogP contribution in [0.25, 0.3) is 38.5 Å². The monoisotopic (exact) mass is 395 g/mol. The summed E-state index contributed by atoms with van der Waals surface area (Å²) >= 11 is 0. The largest absolute Gasteiger partial charge is 0.292 e. The normalized spacial score (nSPS) is 12.4. The van der Waals surface area contributed by atoms with Crippen molar-refractivity contribution in [3.63, 3.8) is 0 Å². The van der Waals surface area contributed by atoms with Gasteiger partial charge >= 0.3 is 0 Å². The Balaban J connectivity index is 1.97. The smallest absolute Gasteiger partial charge is 0.148 e. The highest BCUT2D eigenvalue weighted by Gasteiger charge is 2.17. The maximum absolute atomic E-state index is 5.16. The van der Waals surface area contributed by atoms with Crippen LogP contribution >= 0.6 is 0 Å². The molecular formula is C27H29N3. The van der Waals surface area contributed by atoms with E-state index in [0.29, 0.717) is 11.8 Å². The minimum Gasteiger partial charge on any atom is -0.292 e. The van der Waals surface area contributed by atoms with Crippen molar-refractivity contribution in [1.82, 2.24) is 14.4 Å². The number of imidazole rings is 1. The van der Waals surface area contributed by atoms with Gasteiger partial charge in [-0.1, -0.05) is 52.0 Å². The molecule has 0 saturated heterocycles. The topological polar surface area (TPSA) is 30.2 Å². The first-order valence-corrected chi connectivity index (χ1v) is 11.0. The molecule has 0 bridgehead atoms. The van der Waals surface area contributed by atoms with Gasteiger partial charge in [0.05, 0.1) is 22.1 Å². The number of aromatic nitrogens is 3. The van der Waals surface area contributed by atoms with Gasteiger partial charge in [-0.15, -0.1) is 0 Å². The van der Waals surface area contributed by atoms with Gasteiger partial charge in [-0.25, -0.2) is 4.98 Å². The lowest BCUT2D eigenvalue weighted by atomic mass is 9.99. The van der Waals surface area contributed by atoms with Crippen molar-refractivity contribution in [2.45, 2.75) is 47.5 Å². The average Bonchev–Trinajstić information content (AvgIpc) is 3.06. The highest BCUT2D eigenvalue weighted by atomic mass is 15.0. The maximum Gasteiger partial charge on any atom is 0.148 e. The number of para-hydroxylation sites is 2. The fraction of sp³-hybridized carbons (Fsp3) is 0.333. The van der Waals surface area contributed by atoms with E-state index in [-0.39, 0.29) is 0 Å². The Kier molecular flexibility index (Phi) is 4.50. The van der Waals surface area contributed by atoms with Gasteiger partial charge in [-0.05, 0) is 67.0 Å². The lowest BCUT2D eigenvalue weighted by Crippen LogP contribution is -2.02. The Labute approximate surface area is 177 Å². The van der Waals surface area contributed by atoms with Crippen LogP contribution < -0.4 is 0 Å². The molecule has 152 valence electrons. The van der Waals surface area contributed by atoms with Gasteiger partial charge < -0.3 is 0 Å². The Hall–Kier alpha value is -2.94. The summed E-state index contributed by atoms with van der Waals surface area (Å²) in [6, 6.07) is 17.6. The Bertz CT molecular complexity index is 1410. The quantitative estimate of drug-likeness (QED) is 0.310. The summed E-state index contributed by atoms with van der Waals surface area (Å²) in [4.78, 5) is 10.2. The summed E-state index contributed by atoms with van der Waals surface area (Å²) in [6.45, 7) is 11.3. The fourth-order valence-corrected chi connectivity index (χ4v) is 4.74. The standard InChI is InChI=1S/C27H29N3/c1-16(2)12-19-10-11-21-24(15-19)30-23-9-7-6-8-22(23)29-27(30)25-18(5)14-20(13-17(3)4)28-26(21)25/h6-11,14-17H,12-13H2,1-5H3. The first-order chi connectivity index (χ1) is 14.4. The van der Waals surface area contributed by atoms with Gasteiger partial charge in [0.15, 0.2) is 0 Å². The lowest BCUT2D eigenvalue weighted by molar-refractivity contribution is 0.637. The molecule has 0 aliphatic carbocycles. The van der Waals surface area contributed by atoms with Crippen LogP contribution in [0.5, 0.6) is 0 Å². The van der Waals surface area contributed by atoms with Gasteiger partial charge in [-0.2, -0.15) is 0 Å². The number of hydrogen-bond acceptors (Lipinski definition) is 2. The van der Waals surface area contributed by atoms with Gasteiger partial charge in [0, 0.05) is 16.5 Å². The second kappa shape index (κ2) is 7.09. The van der Waals surface area contributed by atoms with Gasteiger partial charge in [0.25, 0.3) is 0 Å². The van der Waals surface area contributed by atoms with Crippen molar-refractivity contribution >= 4 is 38.5 Å². The molecule has 3 nitrogen and oxygen atoms in total. The fourth-order valence-electron chi connectivity index (χ4n) is 4.74. The molecule has 0 N–H and O–H groups in total. The van der Waals surface area contributed by atoms with E-state index < -0.39 is 0 Å². The van der Waals surface area contributed by atoms with Crippen molar-refractivity contribution < 1.29 is 0 Å². The highest BCUT2D eigenvalue weighted by Crippen LogP contribution is 2.34. The van der Waals surface area contributed by atoms with E-state index >= 15 is 0 Å². The van der Waals surface area contributed by atoms with Gasteiger partial charge in [-0.3, -0.25) is 9.38 Å². The van der Waals surface area contributed by atoms with Crippen molar-refractivity contribution in [2.24, 2.45) is 11.8 Å². The number of fused-ring (bicyclic) bond motifs is 8. The summed E-state index contributed by atoms with van der Waals surface area (Å²) in [5.41, 5.74) is 9.29. The Morgan fingerprint density at radius 1 is 0.833 bits per heavy atom. The molecular weight excluding hydrogens is 366 g/mol. The average molecular weight is 396 g/mol. The molecule has 5 aromatic rings. The molecule has 0 saturated carbocycles. The Morgan fingerprint density at radius 3 is 2.37 bits per heavy atom. The molecule has 0 aliphatic rings. The number of benzene rings is 2. The first-order valence-electron chi connectivity index (χ1n) is 11.0. The molecule has 30 heavy (non-hydrogen) atoms. The Morgan fingerprint density at radius 2 is 1.60 bits per heavy atom. The number of pyridine rings is 2. The molecule has 0 amide bonds. The van der Waals surface area contributed by atoms with E-state index in [1.165, 1.54) is 33.1 Å². The van der Waals surface area contributed by atoms with E-state index in [9.17, 15) is 0 Å².